The van der Waals surface area contributed by atoms with Crippen LogP contribution in [0.15, 0.2) is 28.8 Å². The average molecular weight is 409 g/mol. The number of aryl methyl sites for hydroxylation is 2. The molecule has 0 spiro atoms. The second-order valence-corrected chi connectivity index (χ2v) is 7.61. The number of ether oxygens (including phenoxy) is 1. The first-order valence-corrected chi connectivity index (χ1v) is 10.4. The number of hydrogen-bond acceptors (Lipinski definition) is 7. The van der Waals surface area contributed by atoms with Crippen molar-refractivity contribution in [2.75, 3.05) is 25.1 Å². The van der Waals surface area contributed by atoms with Crippen LogP contribution in [0.3, 0.4) is 0 Å². The van der Waals surface area contributed by atoms with Gasteiger partial charge in [-0.2, -0.15) is 4.98 Å². The van der Waals surface area contributed by atoms with Crippen molar-refractivity contribution in [3.8, 4) is 5.75 Å². The number of benzene rings is 1. The number of aromatic nitrogens is 3. The van der Waals surface area contributed by atoms with E-state index in [0.29, 0.717) is 24.6 Å². The van der Waals surface area contributed by atoms with Crippen molar-refractivity contribution < 1.29 is 14.1 Å². The zero-order chi connectivity index (χ0) is 21.1. The van der Waals surface area contributed by atoms with Gasteiger partial charge in [0, 0.05) is 19.6 Å². The Hall–Kier alpha value is -3.16. The van der Waals surface area contributed by atoms with E-state index in [0.717, 1.165) is 54.0 Å². The Labute approximate surface area is 175 Å². The van der Waals surface area contributed by atoms with Crippen LogP contribution >= 0.6 is 0 Å². The normalized spacial score (nSPS) is 16.6. The summed E-state index contributed by atoms with van der Waals surface area (Å²) >= 11 is 0. The smallest absolute Gasteiger partial charge is 0.263 e. The van der Waals surface area contributed by atoms with E-state index in [1.807, 2.05) is 38.1 Å². The molecule has 0 radical (unpaired) electrons. The van der Waals surface area contributed by atoms with Gasteiger partial charge in [0.2, 0.25) is 5.91 Å². The van der Waals surface area contributed by atoms with Crippen LogP contribution < -0.4 is 15.0 Å². The molecule has 0 saturated carbocycles. The highest BCUT2D eigenvalue weighted by Crippen LogP contribution is 2.31. The summed E-state index contributed by atoms with van der Waals surface area (Å²) in [4.78, 5) is 24.1. The molecule has 30 heavy (non-hydrogen) atoms. The van der Waals surface area contributed by atoms with Crippen molar-refractivity contribution >= 4 is 22.8 Å². The maximum Gasteiger partial charge on any atom is 0.263 e. The third-order valence-electron chi connectivity index (χ3n) is 5.55. The van der Waals surface area contributed by atoms with Crippen molar-refractivity contribution in [1.82, 2.24) is 20.4 Å². The second-order valence-electron chi connectivity index (χ2n) is 7.61. The van der Waals surface area contributed by atoms with E-state index >= 15 is 0 Å². The third-order valence-corrected chi connectivity index (χ3v) is 5.55. The summed E-state index contributed by atoms with van der Waals surface area (Å²) in [6.45, 7) is 5.85. The number of carbonyl (C=O) groups excluding carboxylic acids is 1. The van der Waals surface area contributed by atoms with Crippen LogP contribution in [0.2, 0.25) is 0 Å². The largest absolute Gasteiger partial charge is 0.497 e. The highest BCUT2D eigenvalue weighted by Gasteiger charge is 2.29. The molecule has 3 heterocycles. The number of amides is 1. The van der Waals surface area contributed by atoms with Crippen molar-refractivity contribution in [1.29, 1.82) is 0 Å². The van der Waals surface area contributed by atoms with Crippen LogP contribution in [0.25, 0.3) is 11.1 Å². The molecule has 0 unspecified atom stereocenters. The quantitative estimate of drug-likeness (QED) is 0.669. The van der Waals surface area contributed by atoms with Gasteiger partial charge in [-0.3, -0.25) is 4.79 Å². The maximum absolute atomic E-state index is 12.8. The lowest BCUT2D eigenvalue weighted by atomic mass is 9.96. The van der Waals surface area contributed by atoms with Gasteiger partial charge in [-0.25, -0.2) is 4.98 Å². The first-order chi connectivity index (χ1) is 14.6. The van der Waals surface area contributed by atoms with Crippen molar-refractivity contribution in [3.63, 3.8) is 0 Å². The predicted molar refractivity (Wildman–Crippen MR) is 113 cm³/mol. The van der Waals surface area contributed by atoms with Gasteiger partial charge < -0.3 is 19.5 Å². The van der Waals surface area contributed by atoms with E-state index in [-0.39, 0.29) is 11.8 Å². The molecular weight excluding hydrogens is 382 g/mol. The summed E-state index contributed by atoms with van der Waals surface area (Å²) in [7, 11) is 1.64. The minimum atomic E-state index is -0.0905. The molecule has 4 rings (SSSR count). The number of hydrogen-bond donors (Lipinski definition) is 1. The van der Waals surface area contributed by atoms with Gasteiger partial charge in [0.15, 0.2) is 0 Å². The standard InChI is InChI=1S/C22H27N5O3/c1-4-18-19-20(24-14(2)25-22(19)30-26-18)27-11-5-6-16(13-27)21(28)23-12-15-7-9-17(29-3)10-8-15/h7-10,16H,4-6,11-13H2,1-3H3,(H,23,28)/t16-/m0/s1. The Morgan fingerprint density at radius 1 is 1.30 bits per heavy atom. The van der Waals surface area contributed by atoms with Crippen LogP contribution in [0.4, 0.5) is 5.82 Å². The highest BCUT2D eigenvalue weighted by atomic mass is 16.5. The molecule has 1 amide bonds. The third kappa shape index (κ3) is 4.08. The second kappa shape index (κ2) is 8.69. The number of rotatable bonds is 6. The number of carbonyl (C=O) groups is 1. The van der Waals surface area contributed by atoms with Crippen LogP contribution in [0.1, 0.15) is 36.8 Å². The van der Waals surface area contributed by atoms with Crippen molar-refractivity contribution in [2.24, 2.45) is 5.92 Å². The van der Waals surface area contributed by atoms with Crippen LogP contribution in [0, 0.1) is 12.8 Å². The molecular formula is C22H27N5O3. The zero-order valence-electron chi connectivity index (χ0n) is 17.6. The van der Waals surface area contributed by atoms with E-state index in [9.17, 15) is 4.79 Å². The van der Waals surface area contributed by atoms with Crippen molar-refractivity contribution in [2.45, 2.75) is 39.7 Å². The molecule has 8 heteroatoms. The van der Waals surface area contributed by atoms with Crippen LogP contribution in [0.5, 0.6) is 5.75 Å². The van der Waals surface area contributed by atoms with Gasteiger partial charge in [0.05, 0.1) is 18.7 Å². The lowest BCUT2D eigenvalue weighted by Crippen LogP contribution is -2.43. The first-order valence-electron chi connectivity index (χ1n) is 10.4. The molecule has 1 aliphatic heterocycles. The number of anilines is 1. The summed E-state index contributed by atoms with van der Waals surface area (Å²) < 4.78 is 10.6. The number of piperidine rings is 1. The fourth-order valence-corrected chi connectivity index (χ4v) is 3.93. The Morgan fingerprint density at radius 2 is 2.10 bits per heavy atom. The Morgan fingerprint density at radius 3 is 2.83 bits per heavy atom. The summed E-state index contributed by atoms with van der Waals surface area (Å²) in [5, 5.41) is 8.09. The highest BCUT2D eigenvalue weighted by molar-refractivity contribution is 5.89. The monoisotopic (exact) mass is 409 g/mol. The molecule has 3 aromatic rings. The Bertz CT molecular complexity index is 1030. The Kier molecular flexibility index (Phi) is 5.83. The molecule has 1 saturated heterocycles. The maximum atomic E-state index is 12.8. The number of methoxy groups -OCH3 is 1. The minimum Gasteiger partial charge on any atom is -0.497 e. The topological polar surface area (TPSA) is 93.4 Å². The predicted octanol–water partition coefficient (Wildman–Crippen LogP) is 3.03. The molecule has 158 valence electrons. The van der Waals surface area contributed by atoms with Gasteiger partial charge in [-0.1, -0.05) is 24.2 Å². The van der Waals surface area contributed by atoms with Gasteiger partial charge >= 0.3 is 0 Å². The van der Waals surface area contributed by atoms with E-state index in [1.54, 1.807) is 7.11 Å². The zero-order valence-corrected chi connectivity index (χ0v) is 17.6. The lowest BCUT2D eigenvalue weighted by Gasteiger charge is -2.33. The van der Waals surface area contributed by atoms with Crippen LogP contribution in [-0.2, 0) is 17.8 Å². The SMILES string of the molecule is CCc1noc2nc(C)nc(N3CCC[C@H](C(=O)NCc4ccc(OC)cc4)C3)c12. The van der Waals surface area contributed by atoms with E-state index < -0.39 is 0 Å². The molecule has 1 aliphatic rings. The van der Waals surface area contributed by atoms with Gasteiger partial charge in [0.1, 0.15) is 22.8 Å². The molecule has 8 nitrogen and oxygen atoms in total. The fourth-order valence-electron chi connectivity index (χ4n) is 3.93. The molecule has 1 N–H and O–H groups in total. The summed E-state index contributed by atoms with van der Waals surface area (Å²) in [6, 6.07) is 7.73. The molecule has 1 fully saturated rings. The minimum absolute atomic E-state index is 0.0681. The first kappa shape index (κ1) is 20.1. The molecule has 2 aromatic heterocycles. The molecule has 1 atom stereocenters. The number of nitrogens with one attached hydrogen (secondary N) is 1. The van der Waals surface area contributed by atoms with E-state index in [4.69, 9.17) is 9.26 Å². The summed E-state index contributed by atoms with van der Waals surface area (Å²) in [5.74, 6) is 2.25. The number of fused-ring (bicyclic) bond motifs is 1. The summed E-state index contributed by atoms with van der Waals surface area (Å²) in [5.41, 5.74) is 2.41. The number of nitrogens with zero attached hydrogens (tertiary/aromatic N) is 4. The molecule has 0 aliphatic carbocycles. The van der Waals surface area contributed by atoms with Gasteiger partial charge in [-0.05, 0) is 43.9 Å². The van der Waals surface area contributed by atoms with Crippen LogP contribution in [-0.4, -0.2) is 41.2 Å². The summed E-state index contributed by atoms with van der Waals surface area (Å²) in [6.07, 6.45) is 2.53. The van der Waals surface area contributed by atoms with E-state index in [2.05, 4.69) is 25.3 Å². The molecule has 1 aromatic carbocycles. The van der Waals surface area contributed by atoms with Crippen molar-refractivity contribution in [3.05, 3.63) is 41.3 Å². The average Bonchev–Trinajstić information content (AvgIpc) is 3.20. The molecule has 0 bridgehead atoms. The fraction of sp³-hybridized carbons (Fsp3) is 0.455. The van der Waals surface area contributed by atoms with Gasteiger partial charge in [0.25, 0.3) is 5.71 Å². The Balaban J connectivity index is 1.47. The van der Waals surface area contributed by atoms with Gasteiger partial charge in [-0.15, -0.1) is 0 Å². The lowest BCUT2D eigenvalue weighted by molar-refractivity contribution is -0.125. The van der Waals surface area contributed by atoms with E-state index in [1.165, 1.54) is 0 Å².